The average molecular weight is 245 g/mol. The first-order valence-corrected chi connectivity index (χ1v) is 4.40. The quantitative estimate of drug-likeness (QED) is 0.883. The van der Waals surface area contributed by atoms with Crippen LogP contribution in [0.4, 0.5) is 0 Å². The van der Waals surface area contributed by atoms with Crippen LogP contribution >= 0.6 is 15.9 Å². The van der Waals surface area contributed by atoms with Crippen LogP contribution in [-0.4, -0.2) is 20.9 Å². The summed E-state index contributed by atoms with van der Waals surface area (Å²) in [6.07, 6.45) is 1.53. The molecule has 0 unspecified atom stereocenters. The highest BCUT2D eigenvalue weighted by molar-refractivity contribution is 9.11. The molecule has 0 aliphatic rings. The molecule has 0 radical (unpaired) electrons. The molecule has 0 saturated heterocycles. The Kier molecular flexibility index (Phi) is 2.87. The van der Waals surface area contributed by atoms with Gasteiger partial charge in [-0.2, -0.15) is 5.10 Å². The van der Waals surface area contributed by atoms with Gasteiger partial charge < -0.3 is 5.11 Å². The second-order valence-corrected chi connectivity index (χ2v) is 3.78. The molecule has 0 fully saturated rings. The summed E-state index contributed by atoms with van der Waals surface area (Å²) in [6, 6.07) is 0. The van der Waals surface area contributed by atoms with Gasteiger partial charge in [-0.25, -0.2) is 4.79 Å². The highest BCUT2D eigenvalue weighted by atomic mass is 79.9. The lowest BCUT2D eigenvalue weighted by molar-refractivity contribution is 0.0683. The molecule has 0 atom stereocenters. The van der Waals surface area contributed by atoms with E-state index in [-0.39, 0.29) is 5.69 Å². The summed E-state index contributed by atoms with van der Waals surface area (Å²) >= 11 is 3.16. The number of carboxylic acids is 1. The van der Waals surface area contributed by atoms with E-state index in [0.29, 0.717) is 16.6 Å². The number of carbonyl (C=O) groups is 1. The average Bonchev–Trinajstić information content (AvgIpc) is 2.30. The van der Waals surface area contributed by atoms with Gasteiger partial charge in [-0.3, -0.25) is 4.68 Å². The van der Waals surface area contributed by atoms with Crippen molar-refractivity contribution in [1.29, 1.82) is 0 Å². The van der Waals surface area contributed by atoms with Crippen molar-refractivity contribution in [3.05, 3.63) is 28.5 Å². The summed E-state index contributed by atoms with van der Waals surface area (Å²) in [5, 5.41) is 12.8. The Morgan fingerprint density at radius 3 is 2.92 bits per heavy atom. The number of aromatic nitrogens is 2. The van der Waals surface area contributed by atoms with E-state index >= 15 is 0 Å². The minimum atomic E-state index is -0.969. The van der Waals surface area contributed by atoms with Crippen LogP contribution in [0.25, 0.3) is 0 Å². The Labute approximate surface area is 84.0 Å². The molecular weight excluding hydrogens is 236 g/mol. The maximum atomic E-state index is 10.8. The summed E-state index contributed by atoms with van der Waals surface area (Å²) in [5.74, 6) is -0.969. The zero-order valence-corrected chi connectivity index (χ0v) is 8.71. The third-order valence-corrected chi connectivity index (χ3v) is 1.80. The van der Waals surface area contributed by atoms with E-state index in [1.807, 2.05) is 0 Å². The summed E-state index contributed by atoms with van der Waals surface area (Å²) < 4.78 is 2.09. The molecule has 1 aromatic heterocycles. The Hall–Kier alpha value is -1.10. The molecule has 0 aliphatic heterocycles. The molecule has 0 bridgehead atoms. The van der Waals surface area contributed by atoms with Crippen molar-refractivity contribution in [3.63, 3.8) is 0 Å². The minimum absolute atomic E-state index is 0.209. The molecule has 0 saturated carbocycles. The van der Waals surface area contributed by atoms with Gasteiger partial charge in [0.05, 0.1) is 12.7 Å². The normalized spacial score (nSPS) is 10.0. The summed E-state index contributed by atoms with van der Waals surface area (Å²) in [4.78, 5) is 10.8. The van der Waals surface area contributed by atoms with Crippen LogP contribution in [0, 0.1) is 6.92 Å². The van der Waals surface area contributed by atoms with Crippen LogP contribution < -0.4 is 0 Å². The summed E-state index contributed by atoms with van der Waals surface area (Å²) in [7, 11) is 0. The lowest BCUT2D eigenvalue weighted by Gasteiger charge is -2.02. The Morgan fingerprint density at radius 2 is 2.46 bits per heavy atom. The van der Waals surface area contributed by atoms with Crippen LogP contribution in [0.1, 0.15) is 16.1 Å². The molecule has 1 aromatic rings. The number of aromatic carboxylic acids is 1. The van der Waals surface area contributed by atoms with Gasteiger partial charge in [-0.1, -0.05) is 22.5 Å². The van der Waals surface area contributed by atoms with Gasteiger partial charge in [0.1, 0.15) is 5.69 Å². The second-order valence-electron chi connectivity index (χ2n) is 2.66. The number of carboxylic acid groups (broad SMARTS) is 1. The molecule has 1 N–H and O–H groups in total. The molecular formula is C8H9BrN2O2. The molecule has 1 rings (SSSR count). The van der Waals surface area contributed by atoms with Gasteiger partial charge >= 0.3 is 5.97 Å². The largest absolute Gasteiger partial charge is 0.477 e. The van der Waals surface area contributed by atoms with Crippen LogP contribution in [-0.2, 0) is 6.54 Å². The lowest BCUT2D eigenvalue weighted by Crippen LogP contribution is -2.11. The van der Waals surface area contributed by atoms with Gasteiger partial charge in [0, 0.05) is 10.0 Å². The number of allylic oxidation sites excluding steroid dienone is 1. The topological polar surface area (TPSA) is 55.1 Å². The first kappa shape index (κ1) is 9.98. The number of hydrogen-bond donors (Lipinski definition) is 1. The van der Waals surface area contributed by atoms with E-state index in [1.165, 1.54) is 10.9 Å². The van der Waals surface area contributed by atoms with Crippen molar-refractivity contribution in [2.45, 2.75) is 13.5 Å². The van der Waals surface area contributed by atoms with Crippen LogP contribution in [0.2, 0.25) is 0 Å². The highest BCUT2D eigenvalue weighted by Gasteiger charge is 2.14. The third kappa shape index (κ3) is 2.18. The van der Waals surface area contributed by atoms with E-state index in [1.54, 1.807) is 6.92 Å². The predicted octanol–water partition coefficient (Wildman–Crippen LogP) is 1.80. The maximum Gasteiger partial charge on any atom is 0.354 e. The van der Waals surface area contributed by atoms with Gasteiger partial charge in [0.25, 0.3) is 0 Å². The van der Waals surface area contributed by atoms with E-state index in [4.69, 9.17) is 5.11 Å². The van der Waals surface area contributed by atoms with Crippen molar-refractivity contribution in [2.75, 3.05) is 0 Å². The zero-order chi connectivity index (χ0) is 10.0. The standard InChI is InChI=1S/C8H9BrN2O2/c1-5-3-10-11(4-6(2)9)7(5)8(12)13/h3H,2,4H2,1H3,(H,12,13). The van der Waals surface area contributed by atoms with E-state index < -0.39 is 5.97 Å². The fraction of sp³-hybridized carbons (Fsp3) is 0.250. The monoisotopic (exact) mass is 244 g/mol. The molecule has 0 aliphatic carbocycles. The van der Waals surface area contributed by atoms with Crippen molar-refractivity contribution in [1.82, 2.24) is 9.78 Å². The molecule has 70 valence electrons. The van der Waals surface area contributed by atoms with Crippen LogP contribution in [0.3, 0.4) is 0 Å². The van der Waals surface area contributed by atoms with Gasteiger partial charge in [0.2, 0.25) is 0 Å². The molecule has 0 aromatic carbocycles. The van der Waals surface area contributed by atoms with Crippen molar-refractivity contribution >= 4 is 21.9 Å². The molecule has 0 amide bonds. The predicted molar refractivity (Wildman–Crippen MR) is 52.0 cm³/mol. The lowest BCUT2D eigenvalue weighted by atomic mass is 10.3. The number of nitrogens with zero attached hydrogens (tertiary/aromatic N) is 2. The number of halogens is 1. The Balaban J connectivity index is 3.07. The summed E-state index contributed by atoms with van der Waals surface area (Å²) in [5.41, 5.74) is 0.863. The van der Waals surface area contributed by atoms with Gasteiger partial charge in [-0.05, 0) is 6.92 Å². The van der Waals surface area contributed by atoms with E-state index in [0.717, 1.165) is 0 Å². The van der Waals surface area contributed by atoms with Gasteiger partial charge in [-0.15, -0.1) is 0 Å². The molecule has 5 heteroatoms. The van der Waals surface area contributed by atoms with Crippen molar-refractivity contribution in [2.24, 2.45) is 0 Å². The first-order valence-electron chi connectivity index (χ1n) is 3.61. The smallest absolute Gasteiger partial charge is 0.354 e. The van der Waals surface area contributed by atoms with Crippen molar-refractivity contribution in [3.8, 4) is 0 Å². The first-order chi connectivity index (χ1) is 6.02. The molecule has 13 heavy (non-hydrogen) atoms. The fourth-order valence-electron chi connectivity index (χ4n) is 1.04. The Bertz CT molecular complexity index is 357. The van der Waals surface area contributed by atoms with E-state index in [2.05, 4.69) is 27.6 Å². The van der Waals surface area contributed by atoms with Gasteiger partial charge in [0.15, 0.2) is 0 Å². The number of aryl methyl sites for hydroxylation is 1. The molecule has 4 nitrogen and oxygen atoms in total. The minimum Gasteiger partial charge on any atom is -0.477 e. The number of rotatable bonds is 3. The Morgan fingerprint density at radius 1 is 1.85 bits per heavy atom. The van der Waals surface area contributed by atoms with Crippen LogP contribution in [0.15, 0.2) is 17.3 Å². The maximum absolute atomic E-state index is 10.8. The molecule has 0 spiro atoms. The van der Waals surface area contributed by atoms with Crippen LogP contribution in [0.5, 0.6) is 0 Å². The summed E-state index contributed by atoms with van der Waals surface area (Å²) in [6.45, 7) is 5.71. The number of hydrogen-bond acceptors (Lipinski definition) is 2. The second kappa shape index (κ2) is 3.74. The van der Waals surface area contributed by atoms with Crippen molar-refractivity contribution < 1.29 is 9.90 Å². The zero-order valence-electron chi connectivity index (χ0n) is 7.12. The molecule has 1 heterocycles. The third-order valence-electron chi connectivity index (χ3n) is 1.55. The SMILES string of the molecule is C=C(Br)Cn1ncc(C)c1C(=O)O. The van der Waals surface area contributed by atoms with E-state index in [9.17, 15) is 4.79 Å². The highest BCUT2D eigenvalue weighted by Crippen LogP contribution is 2.11. The fourth-order valence-corrected chi connectivity index (χ4v) is 1.28.